The highest BCUT2D eigenvalue weighted by Crippen LogP contribution is 2.26. The first kappa shape index (κ1) is 17.8. The molecule has 1 saturated heterocycles. The second-order valence-corrected chi connectivity index (χ2v) is 7.48. The largest absolute Gasteiger partial charge is 0.491 e. The molecule has 0 unspecified atom stereocenters. The molecule has 1 aliphatic heterocycles. The number of nitrogens with zero attached hydrogens (tertiary/aromatic N) is 4. The van der Waals surface area contributed by atoms with Crippen molar-refractivity contribution < 1.29 is 9.47 Å². The molecule has 142 valence electrons. The Morgan fingerprint density at radius 3 is 2.63 bits per heavy atom. The second kappa shape index (κ2) is 7.19. The second-order valence-electron chi connectivity index (χ2n) is 7.48. The summed E-state index contributed by atoms with van der Waals surface area (Å²) in [5.74, 6) is 1.80. The number of anilines is 1. The van der Waals surface area contributed by atoms with E-state index in [1.807, 2.05) is 55.2 Å². The lowest BCUT2D eigenvalue weighted by Gasteiger charge is -2.36. The average Bonchev–Trinajstić information content (AvgIpc) is 3.04. The van der Waals surface area contributed by atoms with Crippen molar-refractivity contribution in [2.45, 2.75) is 46.0 Å². The minimum absolute atomic E-state index is 0.136. The van der Waals surface area contributed by atoms with Gasteiger partial charge in [-0.1, -0.05) is 0 Å². The summed E-state index contributed by atoms with van der Waals surface area (Å²) in [7, 11) is 0. The van der Waals surface area contributed by atoms with Crippen molar-refractivity contribution in [3.8, 4) is 11.4 Å². The van der Waals surface area contributed by atoms with E-state index in [-0.39, 0.29) is 18.3 Å². The molecule has 3 aromatic rings. The molecule has 6 nitrogen and oxygen atoms in total. The minimum atomic E-state index is 0.136. The van der Waals surface area contributed by atoms with Gasteiger partial charge in [-0.25, -0.2) is 9.67 Å². The van der Waals surface area contributed by atoms with Crippen LogP contribution in [0.1, 0.15) is 27.7 Å². The third-order valence-electron chi connectivity index (χ3n) is 4.63. The predicted molar refractivity (Wildman–Crippen MR) is 107 cm³/mol. The zero-order valence-corrected chi connectivity index (χ0v) is 16.3. The molecule has 0 amide bonds. The monoisotopic (exact) mass is 366 g/mol. The summed E-state index contributed by atoms with van der Waals surface area (Å²) in [4.78, 5) is 6.86. The molecule has 0 radical (unpaired) electrons. The summed E-state index contributed by atoms with van der Waals surface area (Å²) in [5.41, 5.74) is 2.01. The van der Waals surface area contributed by atoms with Gasteiger partial charge < -0.3 is 14.4 Å². The number of pyridine rings is 1. The number of rotatable bonds is 4. The van der Waals surface area contributed by atoms with Gasteiger partial charge in [0.05, 0.1) is 35.7 Å². The summed E-state index contributed by atoms with van der Waals surface area (Å²) < 4.78 is 13.6. The van der Waals surface area contributed by atoms with Gasteiger partial charge in [-0.2, -0.15) is 5.10 Å². The molecule has 1 fully saturated rings. The molecule has 0 bridgehead atoms. The highest BCUT2D eigenvalue weighted by atomic mass is 16.5. The third kappa shape index (κ3) is 3.76. The summed E-state index contributed by atoms with van der Waals surface area (Å²) in [6.07, 6.45) is 4.25. The maximum absolute atomic E-state index is 5.85. The lowest BCUT2D eigenvalue weighted by Crippen LogP contribution is -2.45. The number of ether oxygens (including phenoxy) is 2. The van der Waals surface area contributed by atoms with Crippen LogP contribution in [0.15, 0.2) is 42.7 Å². The zero-order valence-electron chi connectivity index (χ0n) is 16.3. The van der Waals surface area contributed by atoms with E-state index in [1.165, 1.54) is 0 Å². The molecule has 27 heavy (non-hydrogen) atoms. The molecule has 2 aromatic heterocycles. The van der Waals surface area contributed by atoms with Crippen LogP contribution in [0.3, 0.4) is 0 Å². The van der Waals surface area contributed by atoms with E-state index in [1.54, 1.807) is 0 Å². The highest BCUT2D eigenvalue weighted by molar-refractivity contribution is 5.81. The van der Waals surface area contributed by atoms with Crippen LogP contribution < -0.4 is 9.64 Å². The predicted octanol–water partition coefficient (Wildman–Crippen LogP) is 3.82. The van der Waals surface area contributed by atoms with Crippen molar-refractivity contribution in [2.24, 2.45) is 0 Å². The zero-order chi connectivity index (χ0) is 19.0. The van der Waals surface area contributed by atoms with Gasteiger partial charge >= 0.3 is 0 Å². The van der Waals surface area contributed by atoms with Gasteiger partial charge in [-0.15, -0.1) is 0 Å². The van der Waals surface area contributed by atoms with Crippen LogP contribution in [-0.4, -0.2) is 46.2 Å². The van der Waals surface area contributed by atoms with Crippen molar-refractivity contribution >= 4 is 16.7 Å². The van der Waals surface area contributed by atoms with Crippen LogP contribution in [0, 0.1) is 0 Å². The van der Waals surface area contributed by atoms with Gasteiger partial charge in [-0.05, 0) is 45.9 Å². The van der Waals surface area contributed by atoms with Gasteiger partial charge in [-0.3, -0.25) is 0 Å². The Labute approximate surface area is 159 Å². The van der Waals surface area contributed by atoms with Gasteiger partial charge in [0.2, 0.25) is 0 Å². The molecule has 0 spiro atoms. The molecule has 1 aromatic carbocycles. The first-order valence-corrected chi connectivity index (χ1v) is 9.51. The molecular formula is C21H26N4O2. The number of morpholine rings is 1. The molecule has 4 rings (SSSR count). The van der Waals surface area contributed by atoms with Gasteiger partial charge in [0.25, 0.3) is 0 Å². The Morgan fingerprint density at radius 1 is 1.11 bits per heavy atom. The van der Waals surface area contributed by atoms with Crippen LogP contribution in [0.2, 0.25) is 0 Å². The molecule has 0 aliphatic carbocycles. The van der Waals surface area contributed by atoms with Crippen LogP contribution in [0.5, 0.6) is 5.75 Å². The SMILES string of the molecule is CC(C)Oc1ccc2cnn(-c3ccnc(N4C[C@@H](C)O[C@@H](C)C4)c3)c2c1. The smallest absolute Gasteiger partial charge is 0.130 e. The van der Waals surface area contributed by atoms with Gasteiger partial charge in [0.15, 0.2) is 0 Å². The van der Waals surface area contributed by atoms with E-state index in [0.717, 1.165) is 41.2 Å². The fourth-order valence-electron chi connectivity index (χ4n) is 3.63. The van der Waals surface area contributed by atoms with E-state index in [0.29, 0.717) is 0 Å². The lowest BCUT2D eigenvalue weighted by molar-refractivity contribution is -0.00546. The lowest BCUT2D eigenvalue weighted by atomic mass is 10.2. The fraction of sp³-hybridized carbons (Fsp3) is 0.429. The maximum Gasteiger partial charge on any atom is 0.130 e. The van der Waals surface area contributed by atoms with E-state index in [4.69, 9.17) is 9.47 Å². The fourth-order valence-corrected chi connectivity index (χ4v) is 3.63. The van der Waals surface area contributed by atoms with Crippen molar-refractivity contribution in [2.75, 3.05) is 18.0 Å². The number of hydrogen-bond acceptors (Lipinski definition) is 5. The standard InChI is InChI=1S/C21H26N4O2/c1-14(2)26-19-6-5-17-11-23-25(20(17)10-19)18-7-8-22-21(9-18)24-12-15(3)27-16(4)13-24/h5-11,14-16H,12-13H2,1-4H3/t15-,16+. The summed E-state index contributed by atoms with van der Waals surface area (Å²) in [5, 5.41) is 5.67. The quantitative estimate of drug-likeness (QED) is 0.703. The van der Waals surface area contributed by atoms with E-state index in [2.05, 4.69) is 34.9 Å². The molecule has 1 aliphatic rings. The van der Waals surface area contributed by atoms with E-state index in [9.17, 15) is 0 Å². The van der Waals surface area contributed by atoms with Crippen LogP contribution in [0.25, 0.3) is 16.6 Å². The molecular weight excluding hydrogens is 340 g/mol. The first-order valence-electron chi connectivity index (χ1n) is 9.51. The van der Waals surface area contributed by atoms with E-state index >= 15 is 0 Å². The number of hydrogen-bond donors (Lipinski definition) is 0. The Morgan fingerprint density at radius 2 is 1.89 bits per heavy atom. The Hall–Kier alpha value is -2.60. The van der Waals surface area contributed by atoms with Gasteiger partial charge in [0.1, 0.15) is 11.6 Å². The third-order valence-corrected chi connectivity index (χ3v) is 4.63. The Kier molecular flexibility index (Phi) is 4.74. The van der Waals surface area contributed by atoms with Crippen molar-refractivity contribution in [1.82, 2.24) is 14.8 Å². The van der Waals surface area contributed by atoms with Crippen LogP contribution >= 0.6 is 0 Å². The van der Waals surface area contributed by atoms with Crippen molar-refractivity contribution in [1.29, 1.82) is 0 Å². The molecule has 3 heterocycles. The van der Waals surface area contributed by atoms with Crippen LogP contribution in [0.4, 0.5) is 5.82 Å². The summed E-state index contributed by atoms with van der Waals surface area (Å²) in [6, 6.07) is 10.2. The van der Waals surface area contributed by atoms with Crippen molar-refractivity contribution in [3.05, 3.63) is 42.7 Å². The minimum Gasteiger partial charge on any atom is -0.491 e. The number of aromatic nitrogens is 3. The normalized spacial score (nSPS) is 20.4. The van der Waals surface area contributed by atoms with E-state index < -0.39 is 0 Å². The Balaban J connectivity index is 1.69. The topological polar surface area (TPSA) is 52.4 Å². The van der Waals surface area contributed by atoms with Crippen molar-refractivity contribution in [3.63, 3.8) is 0 Å². The molecule has 0 saturated carbocycles. The molecule has 6 heteroatoms. The average molecular weight is 366 g/mol. The first-order chi connectivity index (χ1) is 13.0. The maximum atomic E-state index is 5.85. The van der Waals surface area contributed by atoms with Gasteiger partial charge in [0, 0.05) is 36.8 Å². The summed E-state index contributed by atoms with van der Waals surface area (Å²) in [6.45, 7) is 9.94. The van der Waals surface area contributed by atoms with Crippen LogP contribution in [-0.2, 0) is 4.74 Å². The molecule has 2 atom stereocenters. The number of fused-ring (bicyclic) bond motifs is 1. The number of benzene rings is 1. The Bertz CT molecular complexity index is 927. The summed E-state index contributed by atoms with van der Waals surface area (Å²) >= 11 is 0. The highest BCUT2D eigenvalue weighted by Gasteiger charge is 2.23. The molecule has 0 N–H and O–H groups in total.